The molecule has 1 amide bonds. The van der Waals surface area contributed by atoms with Crippen LogP contribution in [0, 0.1) is 0 Å². The smallest absolute Gasteiger partial charge is 0.219 e. The van der Waals surface area contributed by atoms with Crippen molar-refractivity contribution >= 4 is 17.7 Å². The Morgan fingerprint density at radius 1 is 1.42 bits per heavy atom. The van der Waals surface area contributed by atoms with E-state index in [2.05, 4.69) is 26.1 Å². The van der Waals surface area contributed by atoms with E-state index in [0.29, 0.717) is 16.9 Å². The van der Waals surface area contributed by atoms with Gasteiger partial charge in [0.2, 0.25) is 5.91 Å². The summed E-state index contributed by atoms with van der Waals surface area (Å²) in [4.78, 5) is 10.9. The molecule has 0 fully saturated rings. The van der Waals surface area contributed by atoms with Crippen LogP contribution in [0.15, 0.2) is 0 Å². The normalized spacial score (nSPS) is 13.1. The van der Waals surface area contributed by atoms with Gasteiger partial charge in [-0.3, -0.25) is 4.79 Å². The first kappa shape index (κ1) is 11.8. The number of hydrogen-bond donors (Lipinski definition) is 1. The van der Waals surface area contributed by atoms with Gasteiger partial charge in [0.05, 0.1) is 0 Å². The van der Waals surface area contributed by atoms with Crippen LogP contribution in [0.2, 0.25) is 0 Å². The summed E-state index contributed by atoms with van der Waals surface area (Å²) >= 11 is 1.93. The maximum atomic E-state index is 10.9. The maximum Gasteiger partial charge on any atom is 0.219 e. The van der Waals surface area contributed by atoms with Crippen LogP contribution >= 0.6 is 11.8 Å². The zero-order valence-electron chi connectivity index (χ0n) is 8.39. The fourth-order valence-electron chi connectivity index (χ4n) is 0.992. The largest absolute Gasteiger partial charge is 0.359 e. The van der Waals surface area contributed by atoms with Crippen molar-refractivity contribution in [1.29, 1.82) is 0 Å². The first-order chi connectivity index (χ1) is 5.56. The van der Waals surface area contributed by atoms with Crippen molar-refractivity contribution in [2.24, 2.45) is 0 Å². The first-order valence-electron chi connectivity index (χ1n) is 4.42. The molecular formula is C9H19NOS. The van der Waals surface area contributed by atoms with Crippen LogP contribution in [0.1, 0.15) is 33.6 Å². The predicted molar refractivity (Wildman–Crippen MR) is 55.5 cm³/mol. The molecule has 0 heterocycles. The van der Waals surface area contributed by atoms with E-state index in [9.17, 15) is 4.79 Å². The van der Waals surface area contributed by atoms with Crippen molar-refractivity contribution in [3.8, 4) is 0 Å². The number of amides is 1. The molecule has 0 aliphatic rings. The Hall–Kier alpha value is -0.180. The van der Waals surface area contributed by atoms with Crippen molar-refractivity contribution in [3.05, 3.63) is 0 Å². The van der Waals surface area contributed by atoms with E-state index in [4.69, 9.17) is 0 Å². The van der Waals surface area contributed by atoms with E-state index in [1.807, 2.05) is 11.8 Å². The molecule has 0 saturated carbocycles. The van der Waals surface area contributed by atoms with Crippen LogP contribution in [-0.2, 0) is 4.79 Å². The standard InChI is InChI=1S/C9H19NOS/c1-7(2)12-8(3)5-6-9(11)10-4/h7-8H,5-6H2,1-4H3,(H,10,11). The molecule has 0 aromatic carbocycles. The molecular weight excluding hydrogens is 170 g/mol. The second kappa shape index (κ2) is 6.35. The summed E-state index contributed by atoms with van der Waals surface area (Å²) in [5.41, 5.74) is 0. The first-order valence-corrected chi connectivity index (χ1v) is 5.36. The number of nitrogens with one attached hydrogen (secondary N) is 1. The molecule has 0 saturated heterocycles. The molecule has 1 atom stereocenters. The van der Waals surface area contributed by atoms with Gasteiger partial charge in [-0.25, -0.2) is 0 Å². The van der Waals surface area contributed by atoms with E-state index in [0.717, 1.165) is 6.42 Å². The Morgan fingerprint density at radius 2 is 2.00 bits per heavy atom. The highest BCUT2D eigenvalue weighted by atomic mass is 32.2. The monoisotopic (exact) mass is 189 g/mol. The summed E-state index contributed by atoms with van der Waals surface area (Å²) in [7, 11) is 1.68. The molecule has 1 unspecified atom stereocenters. The van der Waals surface area contributed by atoms with E-state index in [1.54, 1.807) is 7.05 Å². The minimum absolute atomic E-state index is 0.145. The molecule has 0 spiro atoms. The molecule has 1 N–H and O–H groups in total. The lowest BCUT2D eigenvalue weighted by Crippen LogP contribution is -2.18. The zero-order valence-corrected chi connectivity index (χ0v) is 9.20. The van der Waals surface area contributed by atoms with Gasteiger partial charge >= 0.3 is 0 Å². The van der Waals surface area contributed by atoms with Crippen LogP contribution in [0.3, 0.4) is 0 Å². The van der Waals surface area contributed by atoms with E-state index < -0.39 is 0 Å². The lowest BCUT2D eigenvalue weighted by Gasteiger charge is -2.12. The predicted octanol–water partition coefficient (Wildman–Crippen LogP) is 2.04. The van der Waals surface area contributed by atoms with Gasteiger partial charge in [-0.2, -0.15) is 11.8 Å². The van der Waals surface area contributed by atoms with Crippen LogP contribution in [0.5, 0.6) is 0 Å². The number of rotatable bonds is 5. The number of carbonyl (C=O) groups excluding carboxylic acids is 1. The average Bonchev–Trinajstić information content (AvgIpc) is 1.99. The Morgan fingerprint density at radius 3 is 2.42 bits per heavy atom. The van der Waals surface area contributed by atoms with Gasteiger partial charge in [-0.15, -0.1) is 0 Å². The number of thioether (sulfide) groups is 1. The third-order valence-corrected chi connectivity index (χ3v) is 2.81. The van der Waals surface area contributed by atoms with Crippen LogP contribution < -0.4 is 5.32 Å². The molecule has 3 heteroatoms. The van der Waals surface area contributed by atoms with E-state index in [1.165, 1.54) is 0 Å². The second-order valence-corrected chi connectivity index (χ2v) is 5.23. The zero-order chi connectivity index (χ0) is 9.56. The second-order valence-electron chi connectivity index (χ2n) is 3.21. The van der Waals surface area contributed by atoms with E-state index >= 15 is 0 Å². The van der Waals surface area contributed by atoms with Gasteiger partial charge < -0.3 is 5.32 Å². The summed E-state index contributed by atoms with van der Waals surface area (Å²) in [6.07, 6.45) is 1.62. The van der Waals surface area contributed by atoms with Crippen molar-refractivity contribution in [3.63, 3.8) is 0 Å². The molecule has 2 nitrogen and oxygen atoms in total. The molecule has 0 bridgehead atoms. The third kappa shape index (κ3) is 6.53. The molecule has 0 aromatic rings. The van der Waals surface area contributed by atoms with Crippen molar-refractivity contribution in [1.82, 2.24) is 5.32 Å². The maximum absolute atomic E-state index is 10.9. The van der Waals surface area contributed by atoms with Crippen molar-refractivity contribution in [2.75, 3.05) is 7.05 Å². The van der Waals surface area contributed by atoms with Crippen molar-refractivity contribution in [2.45, 2.75) is 44.1 Å². The quantitative estimate of drug-likeness (QED) is 0.717. The summed E-state index contributed by atoms with van der Waals surface area (Å²) < 4.78 is 0. The summed E-state index contributed by atoms with van der Waals surface area (Å²) in [6, 6.07) is 0. The lowest BCUT2D eigenvalue weighted by atomic mass is 10.2. The van der Waals surface area contributed by atoms with E-state index in [-0.39, 0.29) is 5.91 Å². The SMILES string of the molecule is CNC(=O)CCC(C)SC(C)C. The fraction of sp³-hybridized carbons (Fsp3) is 0.889. The Bertz CT molecular complexity index is 136. The highest BCUT2D eigenvalue weighted by molar-refractivity contribution is 8.00. The van der Waals surface area contributed by atoms with Gasteiger partial charge in [0.1, 0.15) is 0 Å². The molecule has 0 aliphatic carbocycles. The summed E-state index contributed by atoms with van der Waals surface area (Å²) in [5.74, 6) is 0.145. The van der Waals surface area contributed by atoms with Crippen molar-refractivity contribution < 1.29 is 4.79 Å². The van der Waals surface area contributed by atoms with Crippen LogP contribution in [-0.4, -0.2) is 23.5 Å². The van der Waals surface area contributed by atoms with Gasteiger partial charge in [-0.05, 0) is 11.7 Å². The highest BCUT2D eigenvalue weighted by Gasteiger charge is 2.07. The van der Waals surface area contributed by atoms with Gasteiger partial charge in [-0.1, -0.05) is 20.8 Å². The molecule has 0 aliphatic heterocycles. The Balaban J connectivity index is 3.43. The minimum Gasteiger partial charge on any atom is -0.359 e. The minimum atomic E-state index is 0.145. The topological polar surface area (TPSA) is 29.1 Å². The van der Waals surface area contributed by atoms with Gasteiger partial charge in [0.15, 0.2) is 0 Å². The van der Waals surface area contributed by atoms with Crippen LogP contribution in [0.4, 0.5) is 0 Å². The third-order valence-electron chi connectivity index (χ3n) is 1.56. The molecule has 72 valence electrons. The number of hydrogen-bond acceptors (Lipinski definition) is 2. The molecule has 0 rings (SSSR count). The average molecular weight is 189 g/mol. The van der Waals surface area contributed by atoms with Gasteiger partial charge in [0.25, 0.3) is 0 Å². The Labute approximate surface area is 79.5 Å². The molecule has 12 heavy (non-hydrogen) atoms. The lowest BCUT2D eigenvalue weighted by molar-refractivity contribution is -0.120. The molecule has 0 aromatic heterocycles. The van der Waals surface area contributed by atoms with Gasteiger partial charge in [0, 0.05) is 18.7 Å². The summed E-state index contributed by atoms with van der Waals surface area (Å²) in [5, 5.41) is 3.87. The highest BCUT2D eigenvalue weighted by Crippen LogP contribution is 2.20. The Kier molecular flexibility index (Phi) is 6.25. The molecule has 0 radical (unpaired) electrons. The van der Waals surface area contributed by atoms with Crippen LogP contribution in [0.25, 0.3) is 0 Å². The summed E-state index contributed by atoms with van der Waals surface area (Å²) in [6.45, 7) is 6.54. The number of carbonyl (C=O) groups is 1. The fourth-order valence-corrected chi connectivity index (χ4v) is 2.18.